The molecule has 0 heterocycles. The number of rotatable bonds is 5. The molecular formula is C6H13NO6. The first kappa shape index (κ1) is 12.4. The molecule has 13 heavy (non-hydrogen) atoms. The number of carbonyl (C=O) groups excluding carboxylic acids is 1. The second kappa shape index (κ2) is 4.61. The highest BCUT2D eigenvalue weighted by Gasteiger charge is 2.42. The molecule has 0 rings (SSSR count). The Kier molecular flexibility index (Phi) is 4.40. The molecule has 0 bridgehead atoms. The number of aldehydes is 1. The summed E-state index contributed by atoms with van der Waals surface area (Å²) in [5.74, 6) is 0. The Morgan fingerprint density at radius 2 is 1.85 bits per heavy atom. The largest absolute Gasteiger partial charge is 0.394 e. The van der Waals surface area contributed by atoms with Gasteiger partial charge in [-0.1, -0.05) is 0 Å². The predicted octanol–water partition coefficient (Wildman–Crippen LogP) is -4.09. The highest BCUT2D eigenvalue weighted by Crippen LogP contribution is 2.11. The molecule has 0 saturated carbocycles. The highest BCUT2D eigenvalue weighted by molar-refractivity contribution is 5.57. The van der Waals surface area contributed by atoms with Crippen LogP contribution in [0.15, 0.2) is 0 Å². The third-order valence-electron chi connectivity index (χ3n) is 1.64. The second-order valence-electron chi connectivity index (χ2n) is 2.66. The zero-order chi connectivity index (χ0) is 10.6. The summed E-state index contributed by atoms with van der Waals surface area (Å²) in [6, 6.07) is 0. The van der Waals surface area contributed by atoms with E-state index in [0.717, 1.165) is 0 Å². The summed E-state index contributed by atoms with van der Waals surface area (Å²) in [5.41, 5.74) is 2.34. The third-order valence-corrected chi connectivity index (χ3v) is 1.64. The van der Waals surface area contributed by atoms with E-state index in [2.05, 4.69) is 0 Å². The number of nitrogens with two attached hydrogens (primary N) is 1. The summed E-state index contributed by atoms with van der Waals surface area (Å²) in [6.07, 6.45) is -5.88. The van der Waals surface area contributed by atoms with Gasteiger partial charge in [-0.05, 0) is 0 Å². The summed E-state index contributed by atoms with van der Waals surface area (Å²) >= 11 is 0. The minimum absolute atomic E-state index is 0.0490. The lowest BCUT2D eigenvalue weighted by atomic mass is 9.97. The van der Waals surface area contributed by atoms with E-state index < -0.39 is 30.6 Å². The van der Waals surface area contributed by atoms with Crippen LogP contribution in [0.25, 0.3) is 0 Å². The molecule has 0 aromatic heterocycles. The molecule has 7 heteroatoms. The molecule has 0 aromatic rings. The van der Waals surface area contributed by atoms with Gasteiger partial charge < -0.3 is 30.3 Å². The number of hydrogen-bond donors (Lipinski definition) is 6. The van der Waals surface area contributed by atoms with Crippen molar-refractivity contribution in [2.75, 3.05) is 6.61 Å². The summed E-state index contributed by atoms with van der Waals surface area (Å²) in [4.78, 5) is 9.98. The fourth-order valence-corrected chi connectivity index (χ4v) is 0.691. The van der Waals surface area contributed by atoms with Crippen molar-refractivity contribution >= 4 is 6.29 Å². The standard InChI is InChI=1S/C6H13NO6/c7-6(13,4(11)2-9)5(12)3(10)1-8/h1,3-5,9-13H,2,7H2. The predicted molar refractivity (Wildman–Crippen MR) is 40.3 cm³/mol. The SMILES string of the molecule is NC(O)(C(O)CO)C(O)C(O)C=O. The molecule has 4 atom stereocenters. The Morgan fingerprint density at radius 1 is 1.38 bits per heavy atom. The quantitative estimate of drug-likeness (QED) is 0.193. The van der Waals surface area contributed by atoms with Crippen molar-refractivity contribution < 1.29 is 30.3 Å². The Balaban J connectivity index is 4.51. The maximum absolute atomic E-state index is 9.98. The van der Waals surface area contributed by atoms with Crippen LogP contribution in [0.4, 0.5) is 0 Å². The van der Waals surface area contributed by atoms with E-state index >= 15 is 0 Å². The van der Waals surface area contributed by atoms with Crippen LogP contribution in [-0.4, -0.2) is 62.5 Å². The average Bonchev–Trinajstić information content (AvgIpc) is 2.13. The van der Waals surface area contributed by atoms with Crippen LogP contribution in [-0.2, 0) is 4.79 Å². The molecule has 0 saturated heterocycles. The minimum atomic E-state index is -2.63. The van der Waals surface area contributed by atoms with Crippen molar-refractivity contribution in [1.29, 1.82) is 0 Å². The van der Waals surface area contributed by atoms with Crippen molar-refractivity contribution in [2.45, 2.75) is 24.0 Å². The first-order chi connectivity index (χ1) is 5.87. The van der Waals surface area contributed by atoms with E-state index in [0.29, 0.717) is 0 Å². The van der Waals surface area contributed by atoms with Crippen LogP contribution < -0.4 is 5.73 Å². The molecule has 4 unspecified atom stereocenters. The van der Waals surface area contributed by atoms with Gasteiger partial charge in [0.25, 0.3) is 0 Å². The van der Waals surface area contributed by atoms with Crippen molar-refractivity contribution in [3.05, 3.63) is 0 Å². The molecule has 0 aliphatic carbocycles. The lowest BCUT2D eigenvalue weighted by molar-refractivity contribution is -0.181. The number of hydrogen-bond acceptors (Lipinski definition) is 7. The molecule has 0 aliphatic rings. The van der Waals surface area contributed by atoms with Gasteiger partial charge >= 0.3 is 0 Å². The lowest BCUT2D eigenvalue weighted by Crippen LogP contribution is -2.64. The normalized spacial score (nSPS) is 22.9. The molecule has 0 aromatic carbocycles. The van der Waals surface area contributed by atoms with E-state index in [1.807, 2.05) is 0 Å². The molecule has 0 fully saturated rings. The maximum atomic E-state index is 9.98. The zero-order valence-electron chi connectivity index (χ0n) is 6.74. The molecule has 7 nitrogen and oxygen atoms in total. The topological polar surface area (TPSA) is 144 Å². The Bertz CT molecular complexity index is 173. The average molecular weight is 195 g/mol. The summed E-state index contributed by atoms with van der Waals surface area (Å²) in [7, 11) is 0. The van der Waals surface area contributed by atoms with Gasteiger partial charge in [0.1, 0.15) is 18.3 Å². The number of carbonyl (C=O) groups is 1. The lowest BCUT2D eigenvalue weighted by Gasteiger charge is -2.33. The van der Waals surface area contributed by atoms with Crippen LogP contribution in [0.2, 0.25) is 0 Å². The minimum Gasteiger partial charge on any atom is -0.394 e. The van der Waals surface area contributed by atoms with Crippen LogP contribution in [0.3, 0.4) is 0 Å². The molecule has 0 radical (unpaired) electrons. The van der Waals surface area contributed by atoms with Crippen LogP contribution in [0.5, 0.6) is 0 Å². The number of aliphatic hydroxyl groups excluding tert-OH is 4. The van der Waals surface area contributed by atoms with Crippen molar-refractivity contribution in [3.63, 3.8) is 0 Å². The summed E-state index contributed by atoms with van der Waals surface area (Å²) < 4.78 is 0. The fraction of sp³-hybridized carbons (Fsp3) is 0.833. The Hall–Kier alpha value is -0.570. The monoisotopic (exact) mass is 195 g/mol. The Morgan fingerprint density at radius 3 is 2.15 bits per heavy atom. The molecule has 7 N–H and O–H groups in total. The smallest absolute Gasteiger partial charge is 0.171 e. The van der Waals surface area contributed by atoms with Crippen molar-refractivity contribution in [2.24, 2.45) is 5.73 Å². The van der Waals surface area contributed by atoms with Crippen molar-refractivity contribution in [3.8, 4) is 0 Å². The third kappa shape index (κ3) is 2.69. The van der Waals surface area contributed by atoms with Gasteiger partial charge in [0, 0.05) is 0 Å². The van der Waals surface area contributed by atoms with Gasteiger partial charge in [0.15, 0.2) is 12.0 Å². The highest BCUT2D eigenvalue weighted by atomic mass is 16.4. The zero-order valence-corrected chi connectivity index (χ0v) is 6.74. The van der Waals surface area contributed by atoms with Gasteiger partial charge in [-0.25, -0.2) is 0 Å². The summed E-state index contributed by atoms with van der Waals surface area (Å²) in [5, 5.41) is 44.2. The van der Waals surface area contributed by atoms with Crippen LogP contribution in [0.1, 0.15) is 0 Å². The second-order valence-corrected chi connectivity index (χ2v) is 2.66. The molecule has 0 amide bonds. The fourth-order valence-electron chi connectivity index (χ4n) is 0.691. The van der Waals surface area contributed by atoms with E-state index in [4.69, 9.17) is 31.3 Å². The maximum Gasteiger partial charge on any atom is 0.171 e. The van der Waals surface area contributed by atoms with E-state index in [1.165, 1.54) is 0 Å². The van der Waals surface area contributed by atoms with E-state index in [-0.39, 0.29) is 6.29 Å². The van der Waals surface area contributed by atoms with Crippen LogP contribution >= 0.6 is 0 Å². The van der Waals surface area contributed by atoms with E-state index in [1.54, 1.807) is 0 Å². The molecular weight excluding hydrogens is 182 g/mol. The van der Waals surface area contributed by atoms with Gasteiger partial charge in [-0.15, -0.1) is 0 Å². The summed E-state index contributed by atoms with van der Waals surface area (Å²) in [6.45, 7) is -0.907. The van der Waals surface area contributed by atoms with Gasteiger partial charge in [0.05, 0.1) is 6.61 Å². The van der Waals surface area contributed by atoms with Gasteiger partial charge in [-0.3, -0.25) is 5.73 Å². The van der Waals surface area contributed by atoms with Crippen molar-refractivity contribution in [1.82, 2.24) is 0 Å². The molecule has 78 valence electrons. The first-order valence-corrected chi connectivity index (χ1v) is 3.49. The first-order valence-electron chi connectivity index (χ1n) is 3.49. The Labute approximate surface area is 74.0 Å². The molecule has 0 spiro atoms. The van der Waals surface area contributed by atoms with Gasteiger partial charge in [0.2, 0.25) is 0 Å². The van der Waals surface area contributed by atoms with E-state index in [9.17, 15) is 4.79 Å². The van der Waals surface area contributed by atoms with Crippen LogP contribution in [0, 0.1) is 0 Å². The van der Waals surface area contributed by atoms with Gasteiger partial charge in [-0.2, -0.15) is 0 Å². The number of aliphatic hydroxyl groups is 5. The molecule has 0 aliphatic heterocycles.